The highest BCUT2D eigenvalue weighted by molar-refractivity contribution is 7.13. The first-order valence-electron chi connectivity index (χ1n) is 10.0. The molecule has 2 amide bonds. The predicted octanol–water partition coefficient (Wildman–Crippen LogP) is 2.25. The van der Waals surface area contributed by atoms with Crippen LogP contribution in [0.5, 0.6) is 0 Å². The van der Waals surface area contributed by atoms with E-state index in [1.807, 2.05) is 0 Å². The molecule has 4 aromatic rings. The summed E-state index contributed by atoms with van der Waals surface area (Å²) in [6, 6.07) is 6.89. The number of amides is 2. The van der Waals surface area contributed by atoms with Gasteiger partial charge in [-0.2, -0.15) is 0 Å². The van der Waals surface area contributed by atoms with E-state index in [0.29, 0.717) is 54.0 Å². The average molecular weight is 446 g/mol. The smallest absolute Gasteiger partial charge is 0.295 e. The van der Waals surface area contributed by atoms with Crippen molar-refractivity contribution in [3.05, 3.63) is 65.8 Å². The van der Waals surface area contributed by atoms with Gasteiger partial charge < -0.3 is 14.8 Å². The van der Waals surface area contributed by atoms with Crippen LogP contribution in [0.25, 0.3) is 21.5 Å². The standard InChI is InChI=1S/C22H18N6O3S/c29-20(15-11-26-18-14(15)4-6-25-19(18)17-12-23-13-32-17)22(31)28-9-7-27(8-10-28)21(30)16-3-1-2-5-24-16/h1-6,11-13,26H,7-10H2. The van der Waals surface area contributed by atoms with Gasteiger partial charge in [0, 0.05) is 56.4 Å². The van der Waals surface area contributed by atoms with Crippen molar-refractivity contribution in [1.29, 1.82) is 0 Å². The quantitative estimate of drug-likeness (QED) is 0.380. The fraction of sp³-hybridized carbons (Fsp3) is 0.182. The van der Waals surface area contributed by atoms with Crippen LogP contribution < -0.4 is 0 Å². The van der Waals surface area contributed by atoms with Crippen LogP contribution in [0.2, 0.25) is 0 Å². The lowest BCUT2D eigenvalue weighted by Gasteiger charge is -2.34. The van der Waals surface area contributed by atoms with Gasteiger partial charge in [-0.05, 0) is 18.2 Å². The van der Waals surface area contributed by atoms with Crippen LogP contribution in [-0.2, 0) is 4.79 Å². The number of H-pyrrole nitrogens is 1. The number of fused-ring (bicyclic) bond motifs is 1. The normalized spacial score (nSPS) is 14.0. The molecule has 0 radical (unpaired) electrons. The summed E-state index contributed by atoms with van der Waals surface area (Å²) in [7, 11) is 0. The highest BCUT2D eigenvalue weighted by Gasteiger charge is 2.30. The number of nitrogens with zero attached hydrogens (tertiary/aromatic N) is 5. The number of hydrogen-bond acceptors (Lipinski definition) is 7. The lowest BCUT2D eigenvalue weighted by Crippen LogP contribution is -2.52. The number of piperazine rings is 1. The second-order valence-corrected chi connectivity index (χ2v) is 8.17. The van der Waals surface area contributed by atoms with Crippen LogP contribution in [-0.4, -0.2) is 73.5 Å². The van der Waals surface area contributed by atoms with Gasteiger partial charge in [0.25, 0.3) is 17.6 Å². The van der Waals surface area contributed by atoms with Gasteiger partial charge in [-0.25, -0.2) is 0 Å². The van der Waals surface area contributed by atoms with E-state index in [4.69, 9.17) is 0 Å². The van der Waals surface area contributed by atoms with E-state index in [9.17, 15) is 14.4 Å². The van der Waals surface area contributed by atoms with E-state index in [0.717, 1.165) is 4.88 Å². The molecule has 5 heterocycles. The number of carbonyl (C=O) groups excluding carboxylic acids is 3. The van der Waals surface area contributed by atoms with Gasteiger partial charge in [-0.1, -0.05) is 6.07 Å². The topological polar surface area (TPSA) is 112 Å². The molecule has 9 nitrogen and oxygen atoms in total. The Labute approximate surface area is 186 Å². The van der Waals surface area contributed by atoms with Gasteiger partial charge >= 0.3 is 0 Å². The zero-order valence-corrected chi connectivity index (χ0v) is 17.7. The zero-order valence-electron chi connectivity index (χ0n) is 16.9. The fourth-order valence-electron chi connectivity index (χ4n) is 3.78. The van der Waals surface area contributed by atoms with Crippen LogP contribution in [0.4, 0.5) is 0 Å². The van der Waals surface area contributed by atoms with Gasteiger partial charge in [-0.3, -0.25) is 29.3 Å². The fourth-order valence-corrected chi connectivity index (χ4v) is 4.41. The molecule has 1 aliphatic rings. The summed E-state index contributed by atoms with van der Waals surface area (Å²) in [5, 5.41) is 0.644. The Morgan fingerprint density at radius 2 is 1.78 bits per heavy atom. The van der Waals surface area contributed by atoms with Crippen LogP contribution >= 0.6 is 11.3 Å². The zero-order chi connectivity index (χ0) is 22.1. The van der Waals surface area contributed by atoms with E-state index in [2.05, 4.69) is 19.9 Å². The number of rotatable bonds is 4. The van der Waals surface area contributed by atoms with Crippen molar-refractivity contribution in [3.63, 3.8) is 0 Å². The summed E-state index contributed by atoms with van der Waals surface area (Å²) < 4.78 is 0. The Morgan fingerprint density at radius 3 is 2.50 bits per heavy atom. The molecular weight excluding hydrogens is 428 g/mol. The van der Waals surface area contributed by atoms with Gasteiger partial charge in [0.05, 0.1) is 21.5 Å². The van der Waals surface area contributed by atoms with Crippen LogP contribution in [0, 0.1) is 0 Å². The van der Waals surface area contributed by atoms with Crippen molar-refractivity contribution in [1.82, 2.24) is 29.7 Å². The maximum absolute atomic E-state index is 13.0. The number of Topliss-reactive ketones (excluding diaryl/α,β-unsaturated/α-hetero) is 1. The number of aromatic nitrogens is 4. The molecule has 0 atom stereocenters. The number of hydrogen-bond donors (Lipinski definition) is 1. The average Bonchev–Trinajstić information content (AvgIpc) is 3.53. The molecule has 160 valence electrons. The molecular formula is C22H18N6O3S. The van der Waals surface area contributed by atoms with Crippen molar-refractivity contribution in [2.75, 3.05) is 26.2 Å². The van der Waals surface area contributed by atoms with E-state index < -0.39 is 11.7 Å². The predicted molar refractivity (Wildman–Crippen MR) is 118 cm³/mol. The number of pyridine rings is 2. The minimum atomic E-state index is -0.581. The van der Waals surface area contributed by atoms with Crippen molar-refractivity contribution >= 4 is 39.8 Å². The molecule has 1 aliphatic heterocycles. The van der Waals surface area contributed by atoms with Crippen molar-refractivity contribution < 1.29 is 14.4 Å². The third kappa shape index (κ3) is 3.54. The molecule has 10 heteroatoms. The Bertz CT molecular complexity index is 1290. The highest BCUT2D eigenvalue weighted by atomic mass is 32.1. The molecule has 4 aromatic heterocycles. The first kappa shape index (κ1) is 20.0. The van der Waals surface area contributed by atoms with Crippen LogP contribution in [0.3, 0.4) is 0 Å². The maximum Gasteiger partial charge on any atom is 0.295 e. The number of aromatic amines is 1. The third-order valence-electron chi connectivity index (χ3n) is 5.44. The summed E-state index contributed by atoms with van der Waals surface area (Å²) in [6.07, 6.45) is 6.46. The Balaban J connectivity index is 1.31. The van der Waals surface area contributed by atoms with Gasteiger partial charge in [0.1, 0.15) is 11.4 Å². The Hall–Kier alpha value is -3.92. The summed E-state index contributed by atoms with van der Waals surface area (Å²) >= 11 is 1.45. The molecule has 1 saturated heterocycles. The van der Waals surface area contributed by atoms with E-state index in [-0.39, 0.29) is 5.91 Å². The molecule has 0 spiro atoms. The van der Waals surface area contributed by atoms with Crippen LogP contribution in [0.15, 0.2) is 54.6 Å². The first-order valence-corrected chi connectivity index (χ1v) is 10.9. The second-order valence-electron chi connectivity index (χ2n) is 7.28. The summed E-state index contributed by atoms with van der Waals surface area (Å²) in [5.74, 6) is -1.34. The van der Waals surface area contributed by atoms with E-state index in [1.54, 1.807) is 59.5 Å². The number of nitrogens with one attached hydrogen (secondary N) is 1. The van der Waals surface area contributed by atoms with Gasteiger partial charge in [-0.15, -0.1) is 11.3 Å². The van der Waals surface area contributed by atoms with Crippen molar-refractivity contribution in [2.45, 2.75) is 0 Å². The van der Waals surface area contributed by atoms with Gasteiger partial charge in [0.15, 0.2) is 0 Å². The minimum Gasteiger partial charge on any atom is -0.359 e. The SMILES string of the molecule is O=C(C(=O)N1CCN(C(=O)c2ccccn2)CC1)c1c[nH]c2c(-c3cncs3)nccc12. The molecule has 32 heavy (non-hydrogen) atoms. The van der Waals surface area contributed by atoms with E-state index >= 15 is 0 Å². The monoisotopic (exact) mass is 446 g/mol. The molecule has 1 N–H and O–H groups in total. The van der Waals surface area contributed by atoms with Crippen molar-refractivity contribution in [2.24, 2.45) is 0 Å². The Kier molecular flexibility index (Phi) is 5.20. The maximum atomic E-state index is 13.0. The largest absolute Gasteiger partial charge is 0.359 e. The molecule has 0 bridgehead atoms. The van der Waals surface area contributed by atoms with E-state index in [1.165, 1.54) is 16.2 Å². The molecule has 0 saturated carbocycles. The lowest BCUT2D eigenvalue weighted by atomic mass is 10.1. The number of ketones is 1. The summed E-state index contributed by atoms with van der Waals surface area (Å²) in [4.78, 5) is 58.2. The first-order chi connectivity index (χ1) is 15.6. The lowest BCUT2D eigenvalue weighted by molar-refractivity contribution is -0.127. The highest BCUT2D eigenvalue weighted by Crippen LogP contribution is 2.30. The van der Waals surface area contributed by atoms with Gasteiger partial charge in [0.2, 0.25) is 0 Å². The number of carbonyl (C=O) groups is 3. The number of thiazole rings is 1. The molecule has 0 aliphatic carbocycles. The van der Waals surface area contributed by atoms with Crippen LogP contribution in [0.1, 0.15) is 20.8 Å². The molecule has 5 rings (SSSR count). The molecule has 1 fully saturated rings. The molecule has 0 unspecified atom stereocenters. The second kappa shape index (κ2) is 8.31. The van der Waals surface area contributed by atoms with Crippen molar-refractivity contribution in [3.8, 4) is 10.6 Å². The minimum absolute atomic E-state index is 0.177. The third-order valence-corrected chi connectivity index (χ3v) is 6.22. The Morgan fingerprint density at radius 1 is 0.969 bits per heavy atom. The summed E-state index contributed by atoms with van der Waals surface area (Å²) in [5.41, 5.74) is 3.78. The molecule has 0 aromatic carbocycles. The summed E-state index contributed by atoms with van der Waals surface area (Å²) in [6.45, 7) is 1.28.